The van der Waals surface area contributed by atoms with Crippen molar-refractivity contribution < 1.29 is 13.2 Å². The Hall–Kier alpha value is -2.15. The molecule has 0 aliphatic carbocycles. The molecule has 25 heavy (non-hydrogen) atoms. The van der Waals surface area contributed by atoms with Crippen LogP contribution < -0.4 is 9.48 Å². The van der Waals surface area contributed by atoms with E-state index in [0.717, 1.165) is 16.7 Å². The number of halogens is 1. The summed E-state index contributed by atoms with van der Waals surface area (Å²) in [6.07, 6.45) is 1.45. The maximum Gasteiger partial charge on any atom is 0.251 e. The number of sulfone groups is 1. The zero-order valence-corrected chi connectivity index (χ0v) is 15.5. The first-order chi connectivity index (χ1) is 11.9. The monoisotopic (exact) mass is 392 g/mol. The van der Waals surface area contributed by atoms with Crippen molar-refractivity contribution in [1.29, 1.82) is 0 Å². The van der Waals surface area contributed by atoms with Crippen molar-refractivity contribution in [3.8, 4) is 5.75 Å². The van der Waals surface area contributed by atoms with E-state index in [-0.39, 0.29) is 4.90 Å². The molecule has 0 aliphatic heterocycles. The van der Waals surface area contributed by atoms with E-state index < -0.39 is 14.6 Å². The van der Waals surface area contributed by atoms with Crippen LogP contribution in [0.5, 0.6) is 5.75 Å². The molecule has 3 aromatic rings. The van der Waals surface area contributed by atoms with E-state index in [1.54, 1.807) is 49.6 Å². The highest BCUT2D eigenvalue weighted by Crippen LogP contribution is 2.24. The summed E-state index contributed by atoms with van der Waals surface area (Å²) in [6, 6.07) is 13.3. The summed E-state index contributed by atoms with van der Waals surface area (Å²) in [4.78, 5) is 12.0. The number of ether oxygens (including phenoxy) is 1. The Morgan fingerprint density at radius 3 is 2.48 bits per heavy atom. The van der Waals surface area contributed by atoms with Crippen LogP contribution in [-0.4, -0.2) is 15.5 Å². The minimum Gasteiger partial charge on any atom is -0.497 e. The predicted molar refractivity (Wildman–Crippen MR) is 102 cm³/mol. The fourth-order valence-electron chi connectivity index (χ4n) is 2.23. The first kappa shape index (κ1) is 17.7. The molecule has 0 amide bonds. The number of fused-ring (bicyclic) bond motifs is 1. The topological polar surface area (TPSA) is 60.4 Å². The first-order valence-electron chi connectivity index (χ1n) is 7.20. The standard InChI is InChI=1S/C18H13ClO4S2/c1-23-15-5-2-12(3-6-15)8-9-25(21,22)17-11-13-10-14(19)4-7-16(13)24-18(17)20/h2-11H,1H3/b9-8-. The van der Waals surface area contributed by atoms with Gasteiger partial charge in [0.2, 0.25) is 9.84 Å². The van der Waals surface area contributed by atoms with Gasteiger partial charge in [-0.15, -0.1) is 0 Å². The second-order valence-corrected chi connectivity index (χ2v) is 8.45. The van der Waals surface area contributed by atoms with Crippen molar-refractivity contribution in [1.82, 2.24) is 0 Å². The maximum atomic E-state index is 12.5. The summed E-state index contributed by atoms with van der Waals surface area (Å²) < 4.78 is 30.3. The highest BCUT2D eigenvalue weighted by atomic mass is 35.5. The molecule has 0 saturated heterocycles. The minimum absolute atomic E-state index is 0.253. The lowest BCUT2D eigenvalue weighted by molar-refractivity contribution is 0.415. The average Bonchev–Trinajstić information content (AvgIpc) is 2.60. The summed E-state index contributed by atoms with van der Waals surface area (Å²) in [5.74, 6) is 0.676. The van der Waals surface area contributed by atoms with Gasteiger partial charge in [0, 0.05) is 15.1 Å². The first-order valence-corrected chi connectivity index (χ1v) is 9.94. The largest absolute Gasteiger partial charge is 0.497 e. The van der Waals surface area contributed by atoms with Crippen LogP contribution in [-0.2, 0) is 9.84 Å². The zero-order chi connectivity index (χ0) is 18.0. The van der Waals surface area contributed by atoms with Crippen LogP contribution in [0.3, 0.4) is 0 Å². The van der Waals surface area contributed by atoms with Crippen molar-refractivity contribution in [2.24, 2.45) is 0 Å². The van der Waals surface area contributed by atoms with Gasteiger partial charge < -0.3 is 4.74 Å². The molecule has 0 aliphatic rings. The molecule has 0 atom stereocenters. The summed E-state index contributed by atoms with van der Waals surface area (Å²) in [6.45, 7) is 0. The molecule has 7 heteroatoms. The molecule has 128 valence electrons. The summed E-state index contributed by atoms with van der Waals surface area (Å²) in [7, 11) is -2.31. The maximum absolute atomic E-state index is 12.5. The van der Waals surface area contributed by atoms with Gasteiger partial charge in [0.25, 0.3) is 4.74 Å². The van der Waals surface area contributed by atoms with Gasteiger partial charge in [0.15, 0.2) is 0 Å². The molecule has 0 fully saturated rings. The Morgan fingerprint density at radius 1 is 1.08 bits per heavy atom. The molecular formula is C18H13ClO4S2. The normalized spacial score (nSPS) is 11.9. The molecule has 2 aromatic carbocycles. The lowest BCUT2D eigenvalue weighted by Crippen LogP contribution is -2.09. The highest BCUT2D eigenvalue weighted by Gasteiger charge is 2.16. The predicted octanol–water partition coefficient (Wildman–Crippen LogP) is 4.37. The van der Waals surface area contributed by atoms with E-state index in [1.165, 1.54) is 12.1 Å². The van der Waals surface area contributed by atoms with Crippen molar-refractivity contribution in [2.75, 3.05) is 7.11 Å². The quantitative estimate of drug-likeness (QED) is 0.661. The van der Waals surface area contributed by atoms with Gasteiger partial charge in [-0.3, -0.25) is 4.79 Å². The smallest absolute Gasteiger partial charge is 0.251 e. The molecule has 0 spiro atoms. The molecule has 0 bridgehead atoms. The number of hydrogen-bond donors (Lipinski definition) is 0. The van der Waals surface area contributed by atoms with Gasteiger partial charge in [-0.25, -0.2) is 8.42 Å². The minimum atomic E-state index is -3.87. The highest BCUT2D eigenvalue weighted by molar-refractivity contribution is 7.94. The summed E-state index contributed by atoms with van der Waals surface area (Å²) >= 11 is 6.83. The van der Waals surface area contributed by atoms with Gasteiger partial charge in [-0.1, -0.05) is 35.1 Å². The van der Waals surface area contributed by atoms with E-state index in [4.69, 9.17) is 16.3 Å². The van der Waals surface area contributed by atoms with E-state index in [1.807, 2.05) is 0 Å². The number of rotatable bonds is 4. The van der Waals surface area contributed by atoms with Gasteiger partial charge in [0.1, 0.15) is 10.6 Å². The molecule has 0 radical (unpaired) electrons. The van der Waals surface area contributed by atoms with Gasteiger partial charge >= 0.3 is 0 Å². The summed E-state index contributed by atoms with van der Waals surface area (Å²) in [5.41, 5.74) is 0.685. The van der Waals surface area contributed by atoms with E-state index in [2.05, 4.69) is 0 Å². The van der Waals surface area contributed by atoms with Crippen molar-refractivity contribution in [3.05, 3.63) is 74.1 Å². The molecule has 0 saturated carbocycles. The Balaban J connectivity index is 2.01. The average molecular weight is 393 g/mol. The molecule has 1 heterocycles. The molecule has 1 aromatic heterocycles. The van der Waals surface area contributed by atoms with Gasteiger partial charge in [-0.2, -0.15) is 0 Å². The third-order valence-corrected chi connectivity index (χ3v) is 6.30. The Labute approximate surface area is 153 Å². The number of benzene rings is 2. The molecular weight excluding hydrogens is 380 g/mol. The fraction of sp³-hybridized carbons (Fsp3) is 0.0556. The van der Waals surface area contributed by atoms with Crippen molar-refractivity contribution >= 4 is 48.9 Å². The molecule has 0 unspecified atom stereocenters. The van der Waals surface area contributed by atoms with E-state index >= 15 is 0 Å². The van der Waals surface area contributed by atoms with Crippen LogP contribution in [0, 0.1) is 0 Å². The Morgan fingerprint density at radius 2 is 1.80 bits per heavy atom. The fourth-order valence-corrected chi connectivity index (χ4v) is 4.62. The van der Waals surface area contributed by atoms with Crippen LogP contribution >= 0.6 is 22.9 Å². The third-order valence-electron chi connectivity index (χ3n) is 3.52. The molecule has 0 N–H and O–H groups in total. The van der Waals surface area contributed by atoms with Gasteiger partial charge in [-0.05, 0) is 53.4 Å². The van der Waals surface area contributed by atoms with E-state index in [0.29, 0.717) is 26.4 Å². The number of methoxy groups -OCH3 is 1. The van der Waals surface area contributed by atoms with Crippen molar-refractivity contribution in [3.63, 3.8) is 0 Å². The Bertz CT molecular complexity index is 1110. The van der Waals surface area contributed by atoms with Crippen LogP contribution in [0.4, 0.5) is 0 Å². The third kappa shape index (κ3) is 3.92. The Kier molecular flexibility index (Phi) is 4.94. The van der Waals surface area contributed by atoms with Crippen molar-refractivity contribution in [2.45, 2.75) is 4.90 Å². The van der Waals surface area contributed by atoms with E-state index in [9.17, 15) is 13.2 Å². The van der Waals surface area contributed by atoms with Gasteiger partial charge in [0.05, 0.1) is 7.11 Å². The van der Waals surface area contributed by atoms with Crippen LogP contribution in [0.25, 0.3) is 16.2 Å². The lowest BCUT2D eigenvalue weighted by Gasteiger charge is -2.02. The molecule has 3 rings (SSSR count). The SMILES string of the molecule is COc1ccc(/C=C\S(=O)(=O)c2cc3cc(Cl)ccc3sc2=O)cc1. The van der Waals surface area contributed by atoms with Crippen LogP contribution in [0.1, 0.15) is 5.56 Å². The summed E-state index contributed by atoms with van der Waals surface area (Å²) in [5, 5.41) is 2.14. The van der Waals surface area contributed by atoms with Crippen LogP contribution in [0.15, 0.2) is 63.6 Å². The second-order valence-electron chi connectivity index (χ2n) is 5.20. The lowest BCUT2D eigenvalue weighted by atomic mass is 10.2. The van der Waals surface area contributed by atoms with Crippen LogP contribution in [0.2, 0.25) is 5.02 Å². The molecule has 4 nitrogen and oxygen atoms in total. The zero-order valence-electron chi connectivity index (χ0n) is 13.1. The second kappa shape index (κ2) is 7.00. The number of hydrogen-bond acceptors (Lipinski definition) is 5.